The topological polar surface area (TPSA) is 29.5 Å². The first-order chi connectivity index (χ1) is 9.93. The van der Waals surface area contributed by atoms with E-state index in [-0.39, 0.29) is 0 Å². The van der Waals surface area contributed by atoms with Crippen LogP contribution in [0.5, 0.6) is 5.75 Å². The first kappa shape index (κ1) is 16.6. The summed E-state index contributed by atoms with van der Waals surface area (Å²) in [6.45, 7) is 2.30. The van der Waals surface area contributed by atoms with Crippen LogP contribution in [0.2, 0.25) is 10.0 Å². The van der Waals surface area contributed by atoms with Gasteiger partial charge in [0, 0.05) is 16.1 Å². The van der Waals surface area contributed by atoms with Gasteiger partial charge in [-0.25, -0.2) is 4.39 Å². The van der Waals surface area contributed by atoms with E-state index in [2.05, 4.69) is 15.9 Å². The third kappa shape index (κ3) is 3.69. The number of rotatable bonds is 4. The second-order valence-corrected chi connectivity index (χ2v) is 5.97. The fourth-order valence-corrected chi connectivity index (χ4v) is 2.96. The van der Waals surface area contributed by atoms with E-state index < -0.39 is 11.9 Å². The van der Waals surface area contributed by atoms with E-state index in [4.69, 9.17) is 27.9 Å². The molecular formula is C15H12BrCl2FO2. The Kier molecular flexibility index (Phi) is 5.49. The third-order valence-corrected chi connectivity index (χ3v) is 4.21. The zero-order chi connectivity index (χ0) is 15.6. The van der Waals surface area contributed by atoms with Crippen LogP contribution in [-0.2, 0) is 0 Å². The summed E-state index contributed by atoms with van der Waals surface area (Å²) in [4.78, 5) is 0. The highest BCUT2D eigenvalue weighted by atomic mass is 79.9. The van der Waals surface area contributed by atoms with Crippen LogP contribution < -0.4 is 4.74 Å². The van der Waals surface area contributed by atoms with Gasteiger partial charge >= 0.3 is 0 Å². The second-order valence-electron chi connectivity index (χ2n) is 4.31. The molecule has 0 spiro atoms. The van der Waals surface area contributed by atoms with Gasteiger partial charge in [0.05, 0.1) is 16.7 Å². The molecule has 1 atom stereocenters. The van der Waals surface area contributed by atoms with Gasteiger partial charge in [-0.3, -0.25) is 0 Å². The Morgan fingerprint density at radius 1 is 1.19 bits per heavy atom. The molecule has 0 saturated heterocycles. The van der Waals surface area contributed by atoms with Gasteiger partial charge in [-0.2, -0.15) is 0 Å². The molecule has 2 nitrogen and oxygen atoms in total. The molecule has 21 heavy (non-hydrogen) atoms. The normalized spacial score (nSPS) is 12.3. The van der Waals surface area contributed by atoms with Crippen LogP contribution in [0.1, 0.15) is 24.2 Å². The molecule has 0 fully saturated rings. The fourth-order valence-electron chi connectivity index (χ4n) is 1.91. The summed E-state index contributed by atoms with van der Waals surface area (Å²) in [5, 5.41) is 11.1. The van der Waals surface area contributed by atoms with Gasteiger partial charge in [0.2, 0.25) is 0 Å². The molecule has 0 aliphatic rings. The highest BCUT2D eigenvalue weighted by Gasteiger charge is 2.19. The lowest BCUT2D eigenvalue weighted by Gasteiger charge is -2.17. The lowest BCUT2D eigenvalue weighted by Crippen LogP contribution is -2.03. The predicted molar refractivity (Wildman–Crippen MR) is 85.8 cm³/mol. The molecule has 0 aliphatic heterocycles. The SMILES string of the molecule is CCOc1cc(Cl)c(C(O)c2ccc(F)cc2Br)cc1Cl. The van der Waals surface area contributed by atoms with Gasteiger partial charge in [-0.15, -0.1) is 0 Å². The Labute approximate surface area is 140 Å². The van der Waals surface area contributed by atoms with E-state index >= 15 is 0 Å². The Morgan fingerprint density at radius 2 is 1.90 bits per heavy atom. The standard InChI is InChI=1S/C15H12BrCl2FO2/c1-2-21-14-7-12(17)10(6-13(14)18)15(20)9-4-3-8(19)5-11(9)16/h3-7,15,20H,2H2,1H3. The monoisotopic (exact) mass is 392 g/mol. The first-order valence-electron chi connectivity index (χ1n) is 6.18. The average molecular weight is 394 g/mol. The number of hydrogen-bond acceptors (Lipinski definition) is 2. The zero-order valence-corrected chi connectivity index (χ0v) is 14.1. The van der Waals surface area contributed by atoms with Crippen molar-refractivity contribution in [3.8, 4) is 5.75 Å². The molecule has 2 aromatic carbocycles. The molecule has 6 heteroatoms. The molecule has 2 aromatic rings. The number of halogens is 4. The fraction of sp³-hybridized carbons (Fsp3) is 0.200. The summed E-state index contributed by atoms with van der Waals surface area (Å²) in [5.41, 5.74) is 0.927. The van der Waals surface area contributed by atoms with Crippen LogP contribution in [0.25, 0.3) is 0 Å². The van der Waals surface area contributed by atoms with E-state index in [1.54, 1.807) is 12.1 Å². The molecule has 0 radical (unpaired) electrons. The van der Waals surface area contributed by atoms with E-state index in [9.17, 15) is 9.50 Å². The van der Waals surface area contributed by atoms with Crippen LogP contribution in [0.3, 0.4) is 0 Å². The largest absolute Gasteiger partial charge is 0.492 e. The van der Waals surface area contributed by atoms with Gasteiger partial charge < -0.3 is 9.84 Å². The van der Waals surface area contributed by atoms with Crippen molar-refractivity contribution >= 4 is 39.1 Å². The molecule has 0 aliphatic carbocycles. The molecular weight excluding hydrogens is 382 g/mol. The molecule has 2 rings (SSSR count). The minimum Gasteiger partial charge on any atom is -0.492 e. The van der Waals surface area contributed by atoms with Crippen molar-refractivity contribution in [2.24, 2.45) is 0 Å². The molecule has 0 heterocycles. The maximum absolute atomic E-state index is 13.1. The van der Waals surface area contributed by atoms with Crippen molar-refractivity contribution in [3.63, 3.8) is 0 Å². The number of ether oxygens (including phenoxy) is 1. The van der Waals surface area contributed by atoms with Crippen LogP contribution in [-0.4, -0.2) is 11.7 Å². The highest BCUT2D eigenvalue weighted by molar-refractivity contribution is 9.10. The van der Waals surface area contributed by atoms with Crippen LogP contribution in [0.4, 0.5) is 4.39 Å². The smallest absolute Gasteiger partial charge is 0.139 e. The van der Waals surface area contributed by atoms with Crippen molar-refractivity contribution in [2.45, 2.75) is 13.0 Å². The Morgan fingerprint density at radius 3 is 2.52 bits per heavy atom. The highest BCUT2D eigenvalue weighted by Crippen LogP contribution is 2.38. The van der Waals surface area contributed by atoms with E-state index in [0.717, 1.165) is 0 Å². The van der Waals surface area contributed by atoms with Gasteiger partial charge in [0.1, 0.15) is 17.7 Å². The molecule has 0 saturated carbocycles. The van der Waals surface area contributed by atoms with Crippen molar-refractivity contribution in [1.82, 2.24) is 0 Å². The molecule has 1 N–H and O–H groups in total. The summed E-state index contributed by atoms with van der Waals surface area (Å²) < 4.78 is 18.9. The van der Waals surface area contributed by atoms with E-state index in [0.29, 0.717) is 38.0 Å². The number of hydrogen-bond donors (Lipinski definition) is 1. The molecule has 0 amide bonds. The van der Waals surface area contributed by atoms with Gasteiger partial charge in [-0.1, -0.05) is 45.2 Å². The first-order valence-corrected chi connectivity index (χ1v) is 7.73. The van der Waals surface area contributed by atoms with Crippen molar-refractivity contribution in [3.05, 3.63) is 61.8 Å². The van der Waals surface area contributed by atoms with Gasteiger partial charge in [0.25, 0.3) is 0 Å². The van der Waals surface area contributed by atoms with Crippen LogP contribution in [0, 0.1) is 5.82 Å². The molecule has 0 aromatic heterocycles. The minimum atomic E-state index is -1.03. The Balaban J connectivity index is 2.43. The van der Waals surface area contributed by atoms with Crippen LogP contribution >= 0.6 is 39.1 Å². The van der Waals surface area contributed by atoms with Crippen molar-refractivity contribution < 1.29 is 14.2 Å². The quantitative estimate of drug-likeness (QED) is 0.755. The lowest BCUT2D eigenvalue weighted by molar-refractivity contribution is 0.219. The predicted octanol–water partition coefficient (Wildman–Crippen LogP) is 5.38. The van der Waals surface area contributed by atoms with Gasteiger partial charge in [0.15, 0.2) is 0 Å². The minimum absolute atomic E-state index is 0.326. The Bertz CT molecular complexity index is 664. The van der Waals surface area contributed by atoms with E-state index in [1.165, 1.54) is 18.2 Å². The zero-order valence-electron chi connectivity index (χ0n) is 11.0. The second kappa shape index (κ2) is 6.97. The number of benzene rings is 2. The number of aliphatic hydroxyl groups excluding tert-OH is 1. The van der Waals surface area contributed by atoms with Crippen molar-refractivity contribution in [1.29, 1.82) is 0 Å². The van der Waals surface area contributed by atoms with Crippen molar-refractivity contribution in [2.75, 3.05) is 6.61 Å². The summed E-state index contributed by atoms with van der Waals surface area (Å²) in [6.07, 6.45) is -1.03. The summed E-state index contributed by atoms with van der Waals surface area (Å²) in [6, 6.07) is 7.15. The van der Waals surface area contributed by atoms with Gasteiger partial charge in [-0.05, 0) is 30.7 Å². The lowest BCUT2D eigenvalue weighted by atomic mass is 10.0. The van der Waals surface area contributed by atoms with Crippen LogP contribution in [0.15, 0.2) is 34.8 Å². The number of aliphatic hydroxyl groups is 1. The summed E-state index contributed by atoms with van der Waals surface area (Å²) >= 11 is 15.5. The summed E-state index contributed by atoms with van der Waals surface area (Å²) in [7, 11) is 0. The average Bonchev–Trinajstić information content (AvgIpc) is 2.42. The third-order valence-electron chi connectivity index (χ3n) is 2.90. The van der Waals surface area contributed by atoms with E-state index in [1.807, 2.05) is 6.92 Å². The Hall–Kier alpha value is -0.810. The molecule has 112 valence electrons. The maximum Gasteiger partial charge on any atom is 0.139 e. The molecule has 0 bridgehead atoms. The summed E-state index contributed by atoms with van der Waals surface area (Å²) in [5.74, 6) is 0.0620. The maximum atomic E-state index is 13.1. The molecule has 1 unspecified atom stereocenters.